The highest BCUT2D eigenvalue weighted by molar-refractivity contribution is 5.82. The number of hydrogen-bond acceptors (Lipinski definition) is 3. The zero-order valence-electron chi connectivity index (χ0n) is 5.10. The van der Waals surface area contributed by atoms with Gasteiger partial charge in [-0.2, -0.15) is 0 Å². The van der Waals surface area contributed by atoms with Crippen molar-refractivity contribution in [3.63, 3.8) is 0 Å². The molecule has 0 unspecified atom stereocenters. The summed E-state index contributed by atoms with van der Waals surface area (Å²) in [5, 5.41) is 8.89. The van der Waals surface area contributed by atoms with Gasteiger partial charge in [0.05, 0.1) is 13.7 Å². The van der Waals surface area contributed by atoms with Crippen molar-refractivity contribution in [1.29, 1.82) is 5.41 Å². The molecule has 52 valence electrons. The SMILES string of the molecule is COC(=O)NCC(=N)N. The number of amidine groups is 1. The summed E-state index contributed by atoms with van der Waals surface area (Å²) in [4.78, 5) is 10.2. The molecule has 5 nitrogen and oxygen atoms in total. The van der Waals surface area contributed by atoms with Crippen LogP contribution in [0, 0.1) is 5.41 Å². The smallest absolute Gasteiger partial charge is 0.407 e. The lowest BCUT2D eigenvalue weighted by Crippen LogP contribution is -2.32. The molecule has 5 heteroatoms. The number of hydrogen-bond donors (Lipinski definition) is 3. The molecule has 0 aromatic heterocycles. The van der Waals surface area contributed by atoms with Crippen molar-refractivity contribution in [2.45, 2.75) is 0 Å². The molecule has 0 atom stereocenters. The molecule has 1 amide bonds. The van der Waals surface area contributed by atoms with Crippen LogP contribution >= 0.6 is 0 Å². The molecule has 0 aliphatic carbocycles. The number of nitrogens with two attached hydrogens (primary N) is 1. The number of carbonyl (C=O) groups is 1. The predicted molar refractivity (Wildman–Crippen MR) is 32.3 cm³/mol. The lowest BCUT2D eigenvalue weighted by Gasteiger charge is -1.99. The number of rotatable bonds is 2. The molecule has 0 fully saturated rings. The van der Waals surface area contributed by atoms with Crippen LogP contribution in [0.5, 0.6) is 0 Å². The Hall–Kier alpha value is -1.26. The normalized spacial score (nSPS) is 8.11. The fraction of sp³-hybridized carbons (Fsp3) is 0.500. The van der Waals surface area contributed by atoms with Crippen LogP contribution in [0.4, 0.5) is 4.79 Å². The lowest BCUT2D eigenvalue weighted by molar-refractivity contribution is 0.172. The quantitative estimate of drug-likeness (QED) is 0.341. The van der Waals surface area contributed by atoms with Crippen LogP contribution in [0.2, 0.25) is 0 Å². The van der Waals surface area contributed by atoms with Gasteiger partial charge in [0.2, 0.25) is 0 Å². The summed E-state index contributed by atoms with van der Waals surface area (Å²) in [5.74, 6) is -0.0969. The van der Waals surface area contributed by atoms with E-state index >= 15 is 0 Å². The zero-order chi connectivity index (χ0) is 7.28. The second kappa shape index (κ2) is 3.71. The highest BCUT2D eigenvalue weighted by Gasteiger charge is 1.95. The molecule has 0 aromatic carbocycles. The number of carbonyl (C=O) groups excluding carboxylic acids is 1. The van der Waals surface area contributed by atoms with Gasteiger partial charge in [-0.15, -0.1) is 0 Å². The van der Waals surface area contributed by atoms with Gasteiger partial charge >= 0.3 is 6.09 Å². The van der Waals surface area contributed by atoms with Crippen LogP contribution in [-0.4, -0.2) is 25.6 Å². The maximum atomic E-state index is 10.2. The molecule has 0 bridgehead atoms. The molecule has 0 heterocycles. The second-order valence-electron chi connectivity index (χ2n) is 1.37. The fourth-order valence-electron chi connectivity index (χ4n) is 0.240. The third-order valence-corrected chi connectivity index (χ3v) is 0.609. The zero-order valence-corrected chi connectivity index (χ0v) is 5.10. The Balaban J connectivity index is 3.28. The van der Waals surface area contributed by atoms with Gasteiger partial charge in [0.15, 0.2) is 0 Å². The summed E-state index contributed by atoms with van der Waals surface area (Å²) >= 11 is 0. The Morgan fingerprint density at radius 2 is 2.44 bits per heavy atom. The van der Waals surface area contributed by atoms with Crippen LogP contribution in [0.25, 0.3) is 0 Å². The van der Waals surface area contributed by atoms with Crippen LogP contribution in [0.3, 0.4) is 0 Å². The largest absolute Gasteiger partial charge is 0.453 e. The van der Waals surface area contributed by atoms with E-state index in [2.05, 4.69) is 10.1 Å². The Labute approximate surface area is 52.7 Å². The third kappa shape index (κ3) is 4.60. The first-order chi connectivity index (χ1) is 4.16. The van der Waals surface area contributed by atoms with Gasteiger partial charge in [-0.3, -0.25) is 5.41 Å². The molecule has 0 radical (unpaired) electrons. The van der Waals surface area contributed by atoms with Gasteiger partial charge in [0, 0.05) is 0 Å². The van der Waals surface area contributed by atoms with Crippen LogP contribution < -0.4 is 11.1 Å². The Morgan fingerprint density at radius 3 is 2.78 bits per heavy atom. The number of alkyl carbamates (subject to hydrolysis) is 1. The average molecular weight is 131 g/mol. The summed E-state index contributed by atoms with van der Waals surface area (Å²) in [6, 6.07) is 0. The van der Waals surface area contributed by atoms with E-state index in [0.29, 0.717) is 0 Å². The molecular weight excluding hydrogens is 122 g/mol. The minimum absolute atomic E-state index is 0.0344. The first kappa shape index (κ1) is 7.74. The minimum atomic E-state index is -0.579. The van der Waals surface area contributed by atoms with Crippen molar-refractivity contribution in [2.24, 2.45) is 5.73 Å². The van der Waals surface area contributed by atoms with Crippen molar-refractivity contribution in [3.8, 4) is 0 Å². The first-order valence-electron chi connectivity index (χ1n) is 2.31. The summed E-state index contributed by atoms with van der Waals surface area (Å²) in [5.41, 5.74) is 4.91. The van der Waals surface area contributed by atoms with Gasteiger partial charge in [-0.1, -0.05) is 0 Å². The fourth-order valence-corrected chi connectivity index (χ4v) is 0.240. The average Bonchev–Trinajstić information content (AvgIpc) is 1.83. The molecule has 0 saturated carbocycles. The predicted octanol–water partition coefficient (Wildman–Crippen LogP) is -0.722. The van der Waals surface area contributed by atoms with E-state index in [1.165, 1.54) is 7.11 Å². The standard InChI is InChI=1S/C4H9N3O2/c1-9-4(8)7-2-3(5)6/h2H2,1H3,(H3,5,6)(H,7,8). The topological polar surface area (TPSA) is 88.2 Å². The van der Waals surface area contributed by atoms with Crippen molar-refractivity contribution in [1.82, 2.24) is 5.32 Å². The van der Waals surface area contributed by atoms with Crippen LogP contribution in [0.15, 0.2) is 0 Å². The van der Waals surface area contributed by atoms with Gasteiger partial charge < -0.3 is 15.8 Å². The van der Waals surface area contributed by atoms with Gasteiger partial charge in [-0.05, 0) is 0 Å². The summed E-state index contributed by atoms with van der Waals surface area (Å²) in [7, 11) is 1.25. The molecule has 0 aromatic rings. The molecule has 4 N–H and O–H groups in total. The van der Waals surface area contributed by atoms with Gasteiger partial charge in [0.1, 0.15) is 5.84 Å². The van der Waals surface area contributed by atoms with Gasteiger partial charge in [-0.25, -0.2) is 4.79 Å². The first-order valence-corrected chi connectivity index (χ1v) is 2.31. The maximum absolute atomic E-state index is 10.2. The minimum Gasteiger partial charge on any atom is -0.453 e. The van der Waals surface area contributed by atoms with Gasteiger partial charge in [0.25, 0.3) is 0 Å². The van der Waals surface area contributed by atoms with E-state index in [4.69, 9.17) is 11.1 Å². The maximum Gasteiger partial charge on any atom is 0.407 e. The van der Waals surface area contributed by atoms with E-state index in [1.54, 1.807) is 0 Å². The number of methoxy groups -OCH3 is 1. The second-order valence-corrected chi connectivity index (χ2v) is 1.37. The molecule has 9 heavy (non-hydrogen) atoms. The number of ether oxygens (including phenoxy) is 1. The molecule has 0 saturated heterocycles. The Morgan fingerprint density at radius 1 is 1.89 bits per heavy atom. The molecular formula is C4H9N3O2. The van der Waals surface area contributed by atoms with E-state index < -0.39 is 6.09 Å². The van der Waals surface area contributed by atoms with Crippen LogP contribution in [-0.2, 0) is 4.74 Å². The molecule has 0 aliphatic rings. The van der Waals surface area contributed by atoms with Crippen molar-refractivity contribution in [2.75, 3.05) is 13.7 Å². The Bertz CT molecular complexity index is 123. The number of amides is 1. The van der Waals surface area contributed by atoms with E-state index in [0.717, 1.165) is 0 Å². The lowest BCUT2D eigenvalue weighted by atomic mass is 10.6. The van der Waals surface area contributed by atoms with E-state index in [9.17, 15) is 4.79 Å². The summed E-state index contributed by atoms with van der Waals surface area (Å²) in [6.07, 6.45) is -0.579. The molecule has 0 rings (SSSR count). The van der Waals surface area contributed by atoms with Crippen molar-refractivity contribution >= 4 is 11.9 Å². The number of nitrogens with one attached hydrogen (secondary N) is 2. The monoisotopic (exact) mass is 131 g/mol. The Kier molecular flexibility index (Phi) is 3.19. The van der Waals surface area contributed by atoms with Crippen LogP contribution in [0.1, 0.15) is 0 Å². The van der Waals surface area contributed by atoms with E-state index in [-0.39, 0.29) is 12.4 Å². The summed E-state index contributed by atoms with van der Waals surface area (Å²) < 4.78 is 4.20. The summed E-state index contributed by atoms with van der Waals surface area (Å²) in [6.45, 7) is 0.0344. The molecule has 0 aliphatic heterocycles. The highest BCUT2D eigenvalue weighted by atomic mass is 16.5. The molecule has 0 spiro atoms. The van der Waals surface area contributed by atoms with Crippen molar-refractivity contribution in [3.05, 3.63) is 0 Å². The highest BCUT2D eigenvalue weighted by Crippen LogP contribution is 1.67. The van der Waals surface area contributed by atoms with E-state index in [1.807, 2.05) is 0 Å². The third-order valence-electron chi connectivity index (χ3n) is 0.609. The van der Waals surface area contributed by atoms with Crippen molar-refractivity contribution < 1.29 is 9.53 Å².